The van der Waals surface area contributed by atoms with E-state index in [1.807, 2.05) is 9.80 Å². The predicted octanol–water partition coefficient (Wildman–Crippen LogP) is 3.93. The maximum absolute atomic E-state index is 13.7. The molecule has 0 unspecified atom stereocenters. The van der Waals surface area contributed by atoms with E-state index in [0.717, 1.165) is 51.7 Å². The minimum absolute atomic E-state index is 0.00866. The first-order valence-corrected chi connectivity index (χ1v) is 14.0. The van der Waals surface area contributed by atoms with Gasteiger partial charge in [-0.15, -0.1) is 0 Å². The molecule has 2 heterocycles. The van der Waals surface area contributed by atoms with E-state index in [1.165, 1.54) is 24.8 Å². The number of amides is 3. The molecule has 7 heteroatoms. The maximum atomic E-state index is 13.7. The van der Waals surface area contributed by atoms with Crippen molar-refractivity contribution in [1.29, 1.82) is 0 Å². The number of benzene rings is 1. The first-order chi connectivity index (χ1) is 17.4. The van der Waals surface area contributed by atoms with Crippen molar-refractivity contribution in [2.45, 2.75) is 75.0 Å². The molecule has 198 valence electrons. The van der Waals surface area contributed by atoms with Gasteiger partial charge in [-0.3, -0.25) is 9.69 Å². The summed E-state index contributed by atoms with van der Waals surface area (Å²) in [5, 5.41) is 0. The van der Waals surface area contributed by atoms with E-state index in [1.54, 1.807) is 7.11 Å². The summed E-state index contributed by atoms with van der Waals surface area (Å²) in [6, 6.07) is 11.0. The molecule has 1 aromatic rings. The van der Waals surface area contributed by atoms with Crippen molar-refractivity contribution in [1.82, 2.24) is 19.6 Å². The topological polar surface area (TPSA) is 56.3 Å². The fourth-order valence-corrected chi connectivity index (χ4v) is 7.10. The second-order valence-corrected chi connectivity index (χ2v) is 11.9. The van der Waals surface area contributed by atoms with Crippen LogP contribution in [-0.2, 0) is 15.1 Å². The SMILES string of the molecule is CO[C@@H]1CCN(C(=O)CCN2C[C@]3(CC[C@](c4ccccc4)(N(C)C)CC3)N(CC3CCC3)C2=O)C1. The number of likely N-dealkylation sites (tertiary alicyclic amines) is 1. The minimum Gasteiger partial charge on any atom is -0.380 e. The normalized spacial score (nSPS) is 31.1. The summed E-state index contributed by atoms with van der Waals surface area (Å²) in [5.74, 6) is 0.783. The molecule has 1 atom stereocenters. The van der Waals surface area contributed by atoms with Gasteiger partial charge in [0.15, 0.2) is 0 Å². The highest BCUT2D eigenvalue weighted by atomic mass is 16.5. The van der Waals surface area contributed by atoms with Crippen LogP contribution in [-0.4, -0.2) is 97.1 Å². The van der Waals surface area contributed by atoms with Crippen molar-refractivity contribution in [3.63, 3.8) is 0 Å². The molecule has 4 fully saturated rings. The first kappa shape index (κ1) is 25.5. The zero-order valence-electron chi connectivity index (χ0n) is 22.5. The molecule has 1 spiro atoms. The van der Waals surface area contributed by atoms with Crippen LogP contribution in [0.15, 0.2) is 30.3 Å². The Hall–Kier alpha value is -2.12. The largest absolute Gasteiger partial charge is 0.380 e. The number of carbonyl (C=O) groups is 2. The van der Waals surface area contributed by atoms with Crippen LogP contribution in [0.25, 0.3) is 0 Å². The highest BCUT2D eigenvalue weighted by Gasteiger charge is 2.54. The lowest BCUT2D eigenvalue weighted by Crippen LogP contribution is -2.56. The molecule has 0 radical (unpaired) electrons. The van der Waals surface area contributed by atoms with Crippen LogP contribution in [0.1, 0.15) is 63.4 Å². The van der Waals surface area contributed by atoms with Crippen molar-refractivity contribution in [3.8, 4) is 0 Å². The molecule has 2 aliphatic carbocycles. The Morgan fingerprint density at radius 1 is 1.08 bits per heavy atom. The van der Waals surface area contributed by atoms with E-state index >= 15 is 0 Å². The first-order valence-electron chi connectivity index (χ1n) is 14.0. The molecule has 2 aliphatic heterocycles. The molecule has 2 saturated heterocycles. The van der Waals surface area contributed by atoms with Crippen LogP contribution in [0.3, 0.4) is 0 Å². The minimum atomic E-state index is -0.112. The average molecular weight is 497 g/mol. The van der Waals surface area contributed by atoms with Crippen LogP contribution in [0.2, 0.25) is 0 Å². The molecule has 4 aliphatic rings. The number of nitrogens with zero attached hydrogens (tertiary/aromatic N) is 4. The summed E-state index contributed by atoms with van der Waals surface area (Å²) in [6.45, 7) is 3.59. The summed E-state index contributed by atoms with van der Waals surface area (Å²) in [4.78, 5) is 35.2. The van der Waals surface area contributed by atoms with Crippen molar-refractivity contribution >= 4 is 11.9 Å². The van der Waals surface area contributed by atoms with Crippen LogP contribution in [0.4, 0.5) is 4.79 Å². The van der Waals surface area contributed by atoms with Crippen LogP contribution in [0.5, 0.6) is 0 Å². The molecule has 5 rings (SSSR count). The number of urea groups is 1. The van der Waals surface area contributed by atoms with Crippen LogP contribution >= 0.6 is 0 Å². The monoisotopic (exact) mass is 496 g/mol. The van der Waals surface area contributed by atoms with Gasteiger partial charge < -0.3 is 19.4 Å². The van der Waals surface area contributed by atoms with Gasteiger partial charge in [0.25, 0.3) is 0 Å². The molecule has 2 saturated carbocycles. The Balaban J connectivity index is 1.29. The molecular weight excluding hydrogens is 452 g/mol. The summed E-state index contributed by atoms with van der Waals surface area (Å²) >= 11 is 0. The summed E-state index contributed by atoms with van der Waals surface area (Å²) in [6.07, 6.45) is 9.30. The van der Waals surface area contributed by atoms with Gasteiger partial charge in [-0.2, -0.15) is 0 Å². The lowest BCUT2D eigenvalue weighted by molar-refractivity contribution is -0.130. The number of ether oxygens (including phenoxy) is 1. The van der Waals surface area contributed by atoms with E-state index in [9.17, 15) is 9.59 Å². The molecular formula is C29H44N4O3. The zero-order valence-corrected chi connectivity index (χ0v) is 22.5. The highest BCUT2D eigenvalue weighted by molar-refractivity contribution is 5.80. The third-order valence-corrected chi connectivity index (χ3v) is 9.83. The molecule has 7 nitrogen and oxygen atoms in total. The Morgan fingerprint density at radius 3 is 2.39 bits per heavy atom. The van der Waals surface area contributed by atoms with Gasteiger partial charge in [0, 0.05) is 51.8 Å². The third kappa shape index (κ3) is 4.65. The molecule has 3 amide bonds. The second-order valence-electron chi connectivity index (χ2n) is 11.9. The summed E-state index contributed by atoms with van der Waals surface area (Å²) < 4.78 is 5.43. The third-order valence-electron chi connectivity index (χ3n) is 9.83. The summed E-state index contributed by atoms with van der Waals surface area (Å²) in [5.41, 5.74) is 1.27. The fraction of sp³-hybridized carbons (Fsp3) is 0.724. The Kier molecular flexibility index (Phi) is 7.32. The fourth-order valence-electron chi connectivity index (χ4n) is 7.10. The van der Waals surface area contributed by atoms with E-state index in [4.69, 9.17) is 4.74 Å². The number of rotatable bonds is 8. The molecule has 36 heavy (non-hydrogen) atoms. The number of carbonyl (C=O) groups excluding carboxylic acids is 2. The van der Waals surface area contributed by atoms with E-state index in [2.05, 4.69) is 54.2 Å². The number of hydrogen-bond acceptors (Lipinski definition) is 4. The Morgan fingerprint density at radius 2 is 1.81 bits per heavy atom. The Bertz CT molecular complexity index is 924. The van der Waals surface area contributed by atoms with Gasteiger partial charge >= 0.3 is 6.03 Å². The predicted molar refractivity (Wildman–Crippen MR) is 141 cm³/mol. The quantitative estimate of drug-likeness (QED) is 0.547. The second kappa shape index (κ2) is 10.3. The van der Waals surface area contributed by atoms with E-state index in [0.29, 0.717) is 25.4 Å². The van der Waals surface area contributed by atoms with Gasteiger partial charge in [0.1, 0.15) is 0 Å². The maximum Gasteiger partial charge on any atom is 0.320 e. The lowest BCUT2D eigenvalue weighted by Gasteiger charge is -2.51. The molecule has 0 N–H and O–H groups in total. The standard InChI is InChI=1S/C29H44N4O3/c1-30(2)29(24-10-5-4-6-11-24)16-14-28(15-17-29)22-32(27(35)33(28)20-23-8-7-9-23)19-13-26(34)31-18-12-25(21-31)36-3/h4-6,10-11,23,25H,7-9,12-22H2,1-3H3/t25-,28-,29+/m1/s1. The van der Waals surface area contributed by atoms with Gasteiger partial charge in [-0.05, 0) is 70.5 Å². The smallest absolute Gasteiger partial charge is 0.320 e. The van der Waals surface area contributed by atoms with Crippen molar-refractivity contribution < 1.29 is 14.3 Å². The van der Waals surface area contributed by atoms with Crippen LogP contribution < -0.4 is 0 Å². The van der Waals surface area contributed by atoms with Gasteiger partial charge in [-0.25, -0.2) is 4.79 Å². The number of methoxy groups -OCH3 is 1. The average Bonchev–Trinajstić information content (AvgIpc) is 3.44. The van der Waals surface area contributed by atoms with Crippen molar-refractivity contribution in [3.05, 3.63) is 35.9 Å². The van der Waals surface area contributed by atoms with Gasteiger partial charge in [0.05, 0.1) is 11.6 Å². The molecule has 0 bridgehead atoms. The van der Waals surface area contributed by atoms with E-state index < -0.39 is 0 Å². The van der Waals surface area contributed by atoms with Gasteiger partial charge in [0.2, 0.25) is 5.91 Å². The molecule has 1 aromatic carbocycles. The van der Waals surface area contributed by atoms with Crippen molar-refractivity contribution in [2.75, 3.05) is 53.9 Å². The summed E-state index contributed by atoms with van der Waals surface area (Å²) in [7, 11) is 6.10. The van der Waals surface area contributed by atoms with Crippen LogP contribution in [0, 0.1) is 5.92 Å². The van der Waals surface area contributed by atoms with Crippen molar-refractivity contribution in [2.24, 2.45) is 5.92 Å². The highest BCUT2D eigenvalue weighted by Crippen LogP contribution is 2.49. The molecule has 0 aromatic heterocycles. The lowest BCUT2D eigenvalue weighted by atomic mass is 9.68. The van der Waals surface area contributed by atoms with E-state index in [-0.39, 0.29) is 29.1 Å². The number of hydrogen-bond donors (Lipinski definition) is 0. The zero-order chi connectivity index (χ0) is 25.3. The Labute approximate surface area is 216 Å². The van der Waals surface area contributed by atoms with Gasteiger partial charge in [-0.1, -0.05) is 36.8 Å².